The molecule has 7 heteroatoms. The van der Waals surface area contributed by atoms with Crippen LogP contribution < -0.4 is 0 Å². The lowest BCUT2D eigenvalue weighted by molar-refractivity contribution is 0.157. The average Bonchev–Trinajstić information content (AvgIpc) is 2.88. The Labute approximate surface area is 123 Å². The maximum atomic E-state index is 13.4. The Bertz CT molecular complexity index is 579. The number of rotatable bonds is 5. The molecule has 1 aromatic rings. The monoisotopic (exact) mass is 321 g/mol. The van der Waals surface area contributed by atoms with E-state index in [-0.39, 0.29) is 16.7 Å². The summed E-state index contributed by atoms with van der Waals surface area (Å²) >= 11 is 5.75. The second kappa shape index (κ2) is 6.39. The highest BCUT2D eigenvalue weighted by atomic mass is 35.5. The number of benzene rings is 1. The topological polar surface area (TPSA) is 46.6 Å². The zero-order valence-corrected chi connectivity index (χ0v) is 12.8. The molecule has 0 saturated carbocycles. The minimum Gasteiger partial charge on any atom is -0.384 e. The quantitative estimate of drug-likeness (QED) is 0.781. The molecule has 1 aromatic carbocycles. The second-order valence-electron chi connectivity index (χ2n) is 4.86. The molecule has 1 aliphatic heterocycles. The Kier molecular flexibility index (Phi) is 5.01. The van der Waals surface area contributed by atoms with Crippen LogP contribution in [0.4, 0.5) is 4.39 Å². The van der Waals surface area contributed by atoms with Crippen LogP contribution in [0.25, 0.3) is 0 Å². The molecule has 1 fully saturated rings. The second-order valence-corrected chi connectivity index (χ2v) is 7.03. The van der Waals surface area contributed by atoms with Crippen LogP contribution in [0.3, 0.4) is 0 Å². The van der Waals surface area contributed by atoms with Crippen LogP contribution in [0.2, 0.25) is 0 Å². The molecule has 1 aliphatic rings. The van der Waals surface area contributed by atoms with E-state index >= 15 is 0 Å². The van der Waals surface area contributed by atoms with Crippen LogP contribution >= 0.6 is 11.6 Å². The molecule has 0 spiro atoms. The number of hydrogen-bond acceptors (Lipinski definition) is 3. The van der Waals surface area contributed by atoms with Gasteiger partial charge in [0.25, 0.3) is 0 Å². The van der Waals surface area contributed by atoms with Gasteiger partial charge in [0, 0.05) is 26.1 Å². The van der Waals surface area contributed by atoms with E-state index in [1.165, 1.54) is 16.4 Å². The summed E-state index contributed by atoms with van der Waals surface area (Å²) in [7, 11) is -2.11. The number of ether oxygens (including phenoxy) is 1. The molecule has 2 rings (SSSR count). The molecule has 1 heterocycles. The molecule has 0 aromatic heterocycles. The van der Waals surface area contributed by atoms with Crippen molar-refractivity contribution < 1.29 is 17.5 Å². The fourth-order valence-electron chi connectivity index (χ4n) is 2.41. The first-order valence-corrected chi connectivity index (χ1v) is 8.30. The zero-order valence-electron chi connectivity index (χ0n) is 11.2. The standard InChI is InChI=1S/C13H17ClFNO3S/c1-19-9-10-4-5-16(8-10)20(17,18)13-6-12(15)3-2-11(13)7-14/h2-3,6,10H,4-5,7-9H2,1H3. The molecule has 1 saturated heterocycles. The van der Waals surface area contributed by atoms with Crippen molar-refractivity contribution in [1.29, 1.82) is 0 Å². The van der Waals surface area contributed by atoms with Crippen LogP contribution in [0.1, 0.15) is 12.0 Å². The maximum absolute atomic E-state index is 13.4. The molecule has 1 atom stereocenters. The Morgan fingerprint density at radius 3 is 2.90 bits per heavy atom. The highest BCUT2D eigenvalue weighted by molar-refractivity contribution is 7.89. The minimum atomic E-state index is -3.70. The van der Waals surface area contributed by atoms with Gasteiger partial charge in [-0.15, -0.1) is 11.6 Å². The van der Waals surface area contributed by atoms with Crippen molar-refractivity contribution in [2.45, 2.75) is 17.2 Å². The van der Waals surface area contributed by atoms with Crippen molar-refractivity contribution in [3.63, 3.8) is 0 Å². The molecule has 0 N–H and O–H groups in total. The van der Waals surface area contributed by atoms with Crippen LogP contribution in [0.5, 0.6) is 0 Å². The van der Waals surface area contributed by atoms with Gasteiger partial charge in [0.2, 0.25) is 10.0 Å². The fourth-order valence-corrected chi connectivity index (χ4v) is 4.48. The lowest BCUT2D eigenvalue weighted by Crippen LogP contribution is -2.30. The summed E-state index contributed by atoms with van der Waals surface area (Å²) in [6, 6.07) is 3.67. The fraction of sp³-hybridized carbons (Fsp3) is 0.538. The third kappa shape index (κ3) is 3.14. The van der Waals surface area contributed by atoms with E-state index < -0.39 is 15.8 Å². The van der Waals surface area contributed by atoms with E-state index in [2.05, 4.69) is 0 Å². The lowest BCUT2D eigenvalue weighted by Gasteiger charge is -2.18. The van der Waals surface area contributed by atoms with Gasteiger partial charge in [-0.2, -0.15) is 4.31 Å². The number of nitrogens with zero attached hydrogens (tertiary/aromatic N) is 1. The van der Waals surface area contributed by atoms with Crippen molar-refractivity contribution in [1.82, 2.24) is 4.31 Å². The van der Waals surface area contributed by atoms with Crippen molar-refractivity contribution in [3.8, 4) is 0 Å². The number of methoxy groups -OCH3 is 1. The van der Waals surface area contributed by atoms with Crippen LogP contribution in [0.15, 0.2) is 23.1 Å². The first kappa shape index (κ1) is 15.7. The van der Waals surface area contributed by atoms with Gasteiger partial charge in [-0.05, 0) is 30.0 Å². The van der Waals surface area contributed by atoms with E-state index in [1.54, 1.807) is 7.11 Å². The summed E-state index contributed by atoms with van der Waals surface area (Å²) in [6.07, 6.45) is 0.749. The Morgan fingerprint density at radius 1 is 1.50 bits per heavy atom. The van der Waals surface area contributed by atoms with Crippen molar-refractivity contribution >= 4 is 21.6 Å². The van der Waals surface area contributed by atoms with E-state index in [0.717, 1.165) is 12.5 Å². The van der Waals surface area contributed by atoms with E-state index in [9.17, 15) is 12.8 Å². The number of sulfonamides is 1. The van der Waals surface area contributed by atoms with E-state index in [1.807, 2.05) is 0 Å². The zero-order chi connectivity index (χ0) is 14.8. The van der Waals surface area contributed by atoms with Gasteiger partial charge in [-0.1, -0.05) is 6.07 Å². The van der Waals surface area contributed by atoms with Crippen molar-refractivity contribution in [2.75, 3.05) is 26.8 Å². The SMILES string of the molecule is COCC1CCN(S(=O)(=O)c2cc(F)ccc2CCl)C1. The molecule has 20 heavy (non-hydrogen) atoms. The number of hydrogen-bond donors (Lipinski definition) is 0. The Morgan fingerprint density at radius 2 is 2.25 bits per heavy atom. The smallest absolute Gasteiger partial charge is 0.243 e. The normalized spacial score (nSPS) is 20.4. The lowest BCUT2D eigenvalue weighted by atomic mass is 10.1. The van der Waals surface area contributed by atoms with Gasteiger partial charge in [0.05, 0.1) is 11.5 Å². The molecule has 0 radical (unpaired) electrons. The van der Waals surface area contributed by atoms with Gasteiger partial charge in [-0.3, -0.25) is 0 Å². The van der Waals surface area contributed by atoms with Crippen molar-refractivity contribution in [3.05, 3.63) is 29.6 Å². The average molecular weight is 322 g/mol. The Hall–Kier alpha value is -0.690. The van der Waals surface area contributed by atoms with E-state index in [0.29, 0.717) is 25.3 Å². The van der Waals surface area contributed by atoms with Crippen molar-refractivity contribution in [2.24, 2.45) is 5.92 Å². The molecular formula is C13H17ClFNO3S. The van der Waals surface area contributed by atoms with Crippen LogP contribution in [-0.2, 0) is 20.6 Å². The first-order chi connectivity index (χ1) is 9.48. The summed E-state index contributed by atoms with van der Waals surface area (Å²) < 4.78 is 44.9. The molecular weight excluding hydrogens is 305 g/mol. The molecule has 4 nitrogen and oxygen atoms in total. The summed E-state index contributed by atoms with van der Waals surface area (Å²) in [5.41, 5.74) is 0.420. The summed E-state index contributed by atoms with van der Waals surface area (Å²) in [5.74, 6) is -0.364. The largest absolute Gasteiger partial charge is 0.384 e. The molecule has 0 bridgehead atoms. The van der Waals surface area contributed by atoms with Gasteiger partial charge in [0.15, 0.2) is 0 Å². The van der Waals surface area contributed by atoms with Crippen LogP contribution in [0, 0.1) is 11.7 Å². The predicted molar refractivity (Wildman–Crippen MR) is 74.7 cm³/mol. The maximum Gasteiger partial charge on any atom is 0.243 e. The third-order valence-corrected chi connectivity index (χ3v) is 5.68. The summed E-state index contributed by atoms with van der Waals surface area (Å²) in [4.78, 5) is -0.0365. The molecule has 112 valence electrons. The highest BCUT2D eigenvalue weighted by Gasteiger charge is 2.33. The minimum absolute atomic E-state index is 0.0319. The third-order valence-electron chi connectivity index (χ3n) is 3.44. The molecule has 0 amide bonds. The molecule has 1 unspecified atom stereocenters. The van der Waals surface area contributed by atoms with E-state index in [4.69, 9.17) is 16.3 Å². The molecule has 0 aliphatic carbocycles. The first-order valence-electron chi connectivity index (χ1n) is 6.32. The van der Waals surface area contributed by atoms with Crippen LogP contribution in [-0.4, -0.2) is 39.5 Å². The van der Waals surface area contributed by atoms with Gasteiger partial charge < -0.3 is 4.74 Å². The van der Waals surface area contributed by atoms with Gasteiger partial charge in [-0.25, -0.2) is 12.8 Å². The van der Waals surface area contributed by atoms with Gasteiger partial charge in [0.1, 0.15) is 5.82 Å². The summed E-state index contributed by atoms with van der Waals surface area (Å²) in [5, 5.41) is 0. The predicted octanol–water partition coefficient (Wildman–Crippen LogP) is 2.22. The number of halogens is 2. The van der Waals surface area contributed by atoms with Gasteiger partial charge >= 0.3 is 0 Å². The highest BCUT2D eigenvalue weighted by Crippen LogP contribution is 2.27. The Balaban J connectivity index is 2.29. The summed E-state index contributed by atoms with van der Waals surface area (Å²) in [6.45, 7) is 1.35. The number of alkyl halides is 1.